The average Bonchev–Trinajstić information content (AvgIpc) is 3.33. The van der Waals surface area contributed by atoms with Crippen molar-refractivity contribution in [1.82, 2.24) is 23.9 Å². The lowest BCUT2D eigenvalue weighted by Crippen LogP contribution is -2.40. The molecule has 2 aromatic heterocycles. The summed E-state index contributed by atoms with van der Waals surface area (Å²) in [5.74, 6) is 0.297. The van der Waals surface area contributed by atoms with Crippen molar-refractivity contribution in [1.29, 1.82) is 0 Å². The van der Waals surface area contributed by atoms with Crippen LogP contribution in [-0.2, 0) is 11.3 Å². The molecule has 3 heterocycles. The standard InChI is InChI=1S/C22H22ClN5O3S/c1-14(29)28-8-6-17(7-9-28)31-21-10-19(24-12-18(21)20-13-26-32-27-20)22(30)25-11-15-2-4-16(23)5-3-15/h2-5,10,12-13,17H,6-9,11H2,1H3,(H,25,30). The minimum Gasteiger partial charge on any atom is -0.489 e. The summed E-state index contributed by atoms with van der Waals surface area (Å²) < 4.78 is 14.6. The number of nitrogens with zero attached hydrogens (tertiary/aromatic N) is 4. The zero-order valence-electron chi connectivity index (χ0n) is 17.5. The summed E-state index contributed by atoms with van der Waals surface area (Å²) in [7, 11) is 0. The molecule has 1 N–H and O–H groups in total. The Bertz CT molecular complexity index is 1080. The Morgan fingerprint density at radius 2 is 1.97 bits per heavy atom. The number of benzene rings is 1. The number of hydrogen-bond donors (Lipinski definition) is 1. The van der Waals surface area contributed by atoms with Gasteiger partial charge in [0.1, 0.15) is 23.2 Å². The molecule has 0 aliphatic carbocycles. The van der Waals surface area contributed by atoms with Crippen molar-refractivity contribution >= 4 is 35.1 Å². The van der Waals surface area contributed by atoms with E-state index < -0.39 is 0 Å². The number of carbonyl (C=O) groups is 2. The third-order valence-corrected chi connectivity index (χ3v) is 6.01. The minimum atomic E-state index is -0.306. The second kappa shape index (κ2) is 10.1. The van der Waals surface area contributed by atoms with E-state index in [1.54, 1.807) is 37.5 Å². The second-order valence-corrected chi connectivity index (χ2v) is 8.48. The highest BCUT2D eigenvalue weighted by Gasteiger charge is 2.24. The Balaban J connectivity index is 1.50. The van der Waals surface area contributed by atoms with Gasteiger partial charge in [0.05, 0.1) is 23.5 Å². The number of likely N-dealkylation sites (tertiary alicyclic amines) is 1. The third-order valence-electron chi connectivity index (χ3n) is 5.28. The SMILES string of the molecule is CC(=O)N1CCC(Oc2cc(C(=O)NCc3ccc(Cl)cc3)ncc2-c2cnsn2)CC1. The maximum absolute atomic E-state index is 12.7. The van der Waals surface area contributed by atoms with E-state index in [0.717, 1.165) is 30.1 Å². The predicted molar refractivity (Wildman–Crippen MR) is 122 cm³/mol. The molecule has 3 aromatic rings. The fourth-order valence-corrected chi connectivity index (χ4v) is 4.03. The highest BCUT2D eigenvalue weighted by Crippen LogP contribution is 2.31. The van der Waals surface area contributed by atoms with Crippen molar-refractivity contribution in [3.63, 3.8) is 0 Å². The first-order valence-corrected chi connectivity index (χ1v) is 11.3. The summed E-state index contributed by atoms with van der Waals surface area (Å²) in [6.45, 7) is 3.22. The number of nitrogens with one attached hydrogen (secondary N) is 1. The molecule has 1 fully saturated rings. The molecule has 1 aromatic carbocycles. The number of halogens is 1. The molecule has 10 heteroatoms. The van der Waals surface area contributed by atoms with Gasteiger partial charge in [-0.15, -0.1) is 0 Å². The molecule has 166 valence electrons. The van der Waals surface area contributed by atoms with Gasteiger partial charge in [0, 0.05) is 56.7 Å². The first kappa shape index (κ1) is 22.2. The topological polar surface area (TPSA) is 97.3 Å². The number of ether oxygens (including phenoxy) is 1. The van der Waals surface area contributed by atoms with E-state index in [1.165, 1.54) is 0 Å². The van der Waals surface area contributed by atoms with E-state index >= 15 is 0 Å². The lowest BCUT2D eigenvalue weighted by Gasteiger charge is -2.31. The molecular formula is C22H22ClN5O3S. The van der Waals surface area contributed by atoms with Gasteiger partial charge in [-0.2, -0.15) is 8.75 Å². The van der Waals surface area contributed by atoms with Gasteiger partial charge < -0.3 is 15.0 Å². The van der Waals surface area contributed by atoms with Crippen molar-refractivity contribution in [2.45, 2.75) is 32.4 Å². The molecule has 1 aliphatic rings. The summed E-state index contributed by atoms with van der Waals surface area (Å²) in [6.07, 6.45) is 4.60. The Kier molecular flexibility index (Phi) is 6.96. The van der Waals surface area contributed by atoms with Crippen LogP contribution >= 0.6 is 23.3 Å². The highest BCUT2D eigenvalue weighted by atomic mass is 35.5. The molecule has 0 unspecified atom stereocenters. The molecule has 32 heavy (non-hydrogen) atoms. The van der Waals surface area contributed by atoms with E-state index in [-0.39, 0.29) is 23.6 Å². The van der Waals surface area contributed by atoms with Crippen LogP contribution in [0.2, 0.25) is 5.02 Å². The molecular weight excluding hydrogens is 450 g/mol. The van der Waals surface area contributed by atoms with Gasteiger partial charge in [-0.1, -0.05) is 23.7 Å². The van der Waals surface area contributed by atoms with Crippen molar-refractivity contribution in [3.8, 4) is 17.0 Å². The van der Waals surface area contributed by atoms with Crippen LogP contribution in [-0.4, -0.2) is 49.6 Å². The number of pyridine rings is 1. The minimum absolute atomic E-state index is 0.0664. The fraction of sp³-hybridized carbons (Fsp3) is 0.318. The largest absolute Gasteiger partial charge is 0.489 e. The van der Waals surface area contributed by atoms with E-state index in [9.17, 15) is 9.59 Å². The summed E-state index contributed by atoms with van der Waals surface area (Å²) in [5, 5.41) is 3.51. The number of rotatable bonds is 6. The molecule has 0 radical (unpaired) electrons. The predicted octanol–water partition coefficient (Wildman–Crippen LogP) is 3.57. The van der Waals surface area contributed by atoms with E-state index in [2.05, 4.69) is 19.0 Å². The van der Waals surface area contributed by atoms with E-state index in [4.69, 9.17) is 16.3 Å². The Labute approximate surface area is 194 Å². The third kappa shape index (κ3) is 5.41. The molecule has 1 aliphatic heterocycles. The lowest BCUT2D eigenvalue weighted by atomic mass is 10.1. The molecule has 4 rings (SSSR count). The number of hydrogen-bond acceptors (Lipinski definition) is 7. The van der Waals surface area contributed by atoms with Gasteiger partial charge in [-0.05, 0) is 17.7 Å². The van der Waals surface area contributed by atoms with Crippen LogP contribution in [0.1, 0.15) is 35.8 Å². The van der Waals surface area contributed by atoms with Crippen molar-refractivity contribution in [3.05, 3.63) is 59.0 Å². The summed E-state index contributed by atoms with van der Waals surface area (Å²) in [4.78, 5) is 30.4. The van der Waals surface area contributed by atoms with Crippen LogP contribution in [0.15, 0.2) is 42.7 Å². The van der Waals surface area contributed by atoms with Gasteiger partial charge >= 0.3 is 0 Å². The fourth-order valence-electron chi connectivity index (χ4n) is 3.48. The lowest BCUT2D eigenvalue weighted by molar-refractivity contribution is -0.130. The highest BCUT2D eigenvalue weighted by molar-refractivity contribution is 6.99. The summed E-state index contributed by atoms with van der Waals surface area (Å²) in [5.41, 5.74) is 2.51. The van der Waals surface area contributed by atoms with Gasteiger partial charge in [0.25, 0.3) is 5.91 Å². The van der Waals surface area contributed by atoms with Crippen molar-refractivity contribution < 1.29 is 14.3 Å². The van der Waals surface area contributed by atoms with Gasteiger partial charge in [-0.3, -0.25) is 14.6 Å². The van der Waals surface area contributed by atoms with Crippen LogP contribution in [0.5, 0.6) is 5.75 Å². The normalized spacial score (nSPS) is 14.2. The van der Waals surface area contributed by atoms with Crippen molar-refractivity contribution in [2.24, 2.45) is 0 Å². The van der Waals surface area contributed by atoms with Crippen LogP contribution in [0.3, 0.4) is 0 Å². The maximum atomic E-state index is 12.7. The van der Waals surface area contributed by atoms with Gasteiger partial charge in [0.15, 0.2) is 0 Å². The molecule has 1 saturated heterocycles. The quantitative estimate of drug-likeness (QED) is 0.590. The molecule has 0 atom stereocenters. The second-order valence-electron chi connectivity index (χ2n) is 7.49. The molecule has 0 saturated carbocycles. The Morgan fingerprint density at radius 1 is 1.22 bits per heavy atom. The van der Waals surface area contributed by atoms with Crippen LogP contribution in [0.4, 0.5) is 0 Å². The van der Waals surface area contributed by atoms with Crippen LogP contribution in [0, 0.1) is 0 Å². The first-order valence-electron chi connectivity index (χ1n) is 10.2. The average molecular weight is 472 g/mol. The molecule has 0 spiro atoms. The monoisotopic (exact) mass is 471 g/mol. The number of carbonyl (C=O) groups excluding carboxylic acids is 2. The smallest absolute Gasteiger partial charge is 0.270 e. The van der Waals surface area contributed by atoms with E-state index in [0.29, 0.717) is 41.7 Å². The summed E-state index contributed by atoms with van der Waals surface area (Å²) in [6, 6.07) is 8.92. The van der Waals surface area contributed by atoms with Crippen LogP contribution < -0.4 is 10.1 Å². The Morgan fingerprint density at radius 3 is 2.62 bits per heavy atom. The van der Waals surface area contributed by atoms with Gasteiger partial charge in [0.2, 0.25) is 5.91 Å². The zero-order valence-corrected chi connectivity index (χ0v) is 19.0. The first-order chi connectivity index (χ1) is 15.5. The number of piperidine rings is 1. The van der Waals surface area contributed by atoms with Gasteiger partial charge in [-0.25, -0.2) is 0 Å². The van der Waals surface area contributed by atoms with E-state index in [1.807, 2.05) is 17.0 Å². The molecule has 8 nitrogen and oxygen atoms in total. The maximum Gasteiger partial charge on any atom is 0.270 e. The van der Waals surface area contributed by atoms with Crippen molar-refractivity contribution in [2.75, 3.05) is 13.1 Å². The summed E-state index contributed by atoms with van der Waals surface area (Å²) >= 11 is 7.00. The molecule has 2 amide bonds. The van der Waals surface area contributed by atoms with Crippen LogP contribution in [0.25, 0.3) is 11.3 Å². The Hall–Kier alpha value is -3.04. The zero-order chi connectivity index (χ0) is 22.5. The number of amides is 2. The number of aromatic nitrogens is 3. The molecule has 0 bridgehead atoms.